The van der Waals surface area contributed by atoms with Crippen LogP contribution in [0.5, 0.6) is 5.75 Å². The fourth-order valence-electron chi connectivity index (χ4n) is 4.77. The van der Waals surface area contributed by atoms with Crippen molar-refractivity contribution in [2.24, 2.45) is 0 Å². The molecule has 1 aromatic heterocycles. The van der Waals surface area contributed by atoms with E-state index in [0.29, 0.717) is 24.5 Å². The molecule has 0 spiro atoms. The maximum absolute atomic E-state index is 14.0. The van der Waals surface area contributed by atoms with Gasteiger partial charge in [0.25, 0.3) is 17.4 Å². The number of carbonyl (C=O) groups is 2. The topological polar surface area (TPSA) is 95.0 Å². The summed E-state index contributed by atoms with van der Waals surface area (Å²) in [7, 11) is 4.56. The molecule has 3 aromatic rings. The zero-order chi connectivity index (χ0) is 29.9. The zero-order valence-corrected chi connectivity index (χ0v) is 23.5. The number of benzene rings is 2. The predicted octanol–water partition coefficient (Wildman–Crippen LogP) is 5.22. The van der Waals surface area contributed by atoms with Crippen molar-refractivity contribution in [2.45, 2.75) is 30.5 Å². The molecule has 1 atom stereocenters. The lowest BCUT2D eigenvalue weighted by Gasteiger charge is -2.33. The first kappa shape index (κ1) is 30.1. The lowest BCUT2D eigenvalue weighted by atomic mass is 9.89. The summed E-state index contributed by atoms with van der Waals surface area (Å²) in [6.07, 6.45) is -3.71. The highest BCUT2D eigenvalue weighted by atomic mass is 35.5. The largest absolute Gasteiger partial charge is 0.497 e. The number of anilines is 2. The predicted molar refractivity (Wildman–Crippen MR) is 149 cm³/mol. The number of halogens is 4. The van der Waals surface area contributed by atoms with Crippen LogP contribution >= 0.6 is 11.6 Å². The third kappa shape index (κ3) is 6.25. The van der Waals surface area contributed by atoms with Crippen LogP contribution in [0.2, 0.25) is 5.15 Å². The minimum absolute atomic E-state index is 0.0729. The molecule has 1 aliphatic rings. The molecule has 4 rings (SSSR count). The second-order valence-corrected chi connectivity index (χ2v) is 10.3. The van der Waals surface area contributed by atoms with Crippen molar-refractivity contribution in [1.82, 2.24) is 9.88 Å². The average Bonchev–Trinajstić information content (AvgIpc) is 2.96. The highest BCUT2D eigenvalue weighted by molar-refractivity contribution is 6.32. The Labute approximate surface area is 240 Å². The second-order valence-electron chi connectivity index (χ2n) is 9.98. The molecule has 2 amide bonds. The van der Waals surface area contributed by atoms with Gasteiger partial charge in [0, 0.05) is 38.4 Å². The van der Waals surface area contributed by atoms with Gasteiger partial charge in [0.1, 0.15) is 16.7 Å². The highest BCUT2D eigenvalue weighted by Crippen LogP contribution is 2.41. The monoisotopic (exact) mass is 590 g/mol. The molecule has 1 fully saturated rings. The van der Waals surface area contributed by atoms with E-state index in [0.717, 1.165) is 30.5 Å². The van der Waals surface area contributed by atoms with E-state index >= 15 is 0 Å². The number of nitrogens with one attached hydrogen (secondary N) is 1. The number of alkyl halides is 3. The van der Waals surface area contributed by atoms with Gasteiger partial charge < -0.3 is 25.0 Å². The number of amides is 2. The summed E-state index contributed by atoms with van der Waals surface area (Å²) in [5, 5.41) is 12.9. The first-order valence-corrected chi connectivity index (χ1v) is 13.2. The Bertz CT molecular complexity index is 1410. The number of ether oxygens (including phenoxy) is 1. The van der Waals surface area contributed by atoms with E-state index in [-0.39, 0.29) is 28.4 Å². The van der Waals surface area contributed by atoms with Gasteiger partial charge >= 0.3 is 6.18 Å². The van der Waals surface area contributed by atoms with E-state index in [9.17, 15) is 27.9 Å². The van der Waals surface area contributed by atoms with E-state index in [4.69, 9.17) is 16.3 Å². The first-order chi connectivity index (χ1) is 19.3. The molecule has 0 bridgehead atoms. The molecule has 218 valence electrons. The molecule has 0 saturated carbocycles. The number of pyridine rings is 1. The fourth-order valence-corrected chi connectivity index (χ4v) is 5.01. The van der Waals surface area contributed by atoms with Crippen molar-refractivity contribution in [2.75, 3.05) is 44.5 Å². The normalized spacial score (nSPS) is 15.7. The SMILES string of the molecule is COc1cccc([C@@](O)(C(=O)Nc2ccc(C3CCN(c4ccc(C(=O)N(C)C)c(Cl)n4)CC3)cc2)C(F)(F)F)c1. The van der Waals surface area contributed by atoms with Crippen LogP contribution in [0.15, 0.2) is 60.7 Å². The van der Waals surface area contributed by atoms with Crippen molar-refractivity contribution in [3.8, 4) is 5.75 Å². The van der Waals surface area contributed by atoms with Gasteiger partial charge in [0.15, 0.2) is 0 Å². The van der Waals surface area contributed by atoms with E-state index < -0.39 is 23.2 Å². The molecule has 2 heterocycles. The van der Waals surface area contributed by atoms with Crippen molar-refractivity contribution in [3.05, 3.63) is 82.5 Å². The maximum Gasteiger partial charge on any atom is 0.430 e. The number of piperidine rings is 1. The lowest BCUT2D eigenvalue weighted by Crippen LogP contribution is -2.52. The van der Waals surface area contributed by atoms with E-state index in [2.05, 4.69) is 15.2 Å². The van der Waals surface area contributed by atoms with Gasteiger partial charge in [-0.3, -0.25) is 9.59 Å². The molecule has 1 saturated heterocycles. The molecule has 0 aliphatic carbocycles. The Morgan fingerprint density at radius 1 is 1.07 bits per heavy atom. The summed E-state index contributed by atoms with van der Waals surface area (Å²) < 4.78 is 46.8. The van der Waals surface area contributed by atoms with Crippen molar-refractivity contribution in [1.29, 1.82) is 0 Å². The summed E-state index contributed by atoms with van der Waals surface area (Å²) >= 11 is 6.27. The van der Waals surface area contributed by atoms with Crippen LogP contribution in [0.4, 0.5) is 24.7 Å². The summed E-state index contributed by atoms with van der Waals surface area (Å²) in [6.45, 7) is 1.37. The number of methoxy groups -OCH3 is 1. The molecule has 0 unspecified atom stereocenters. The molecule has 0 radical (unpaired) electrons. The average molecular weight is 591 g/mol. The van der Waals surface area contributed by atoms with E-state index in [1.165, 1.54) is 36.3 Å². The van der Waals surface area contributed by atoms with Gasteiger partial charge in [-0.2, -0.15) is 13.2 Å². The van der Waals surface area contributed by atoms with Crippen LogP contribution in [-0.4, -0.2) is 67.3 Å². The third-order valence-electron chi connectivity index (χ3n) is 7.16. The number of aromatic nitrogens is 1. The fraction of sp³-hybridized carbons (Fsp3) is 0.345. The summed E-state index contributed by atoms with van der Waals surface area (Å²) in [4.78, 5) is 32.9. The second kappa shape index (κ2) is 12.0. The molecule has 1 aliphatic heterocycles. The number of rotatable bonds is 7. The Morgan fingerprint density at radius 2 is 1.73 bits per heavy atom. The van der Waals surface area contributed by atoms with Crippen LogP contribution in [-0.2, 0) is 10.4 Å². The molecule has 2 N–H and O–H groups in total. The molecule has 12 heteroatoms. The van der Waals surface area contributed by atoms with Crippen LogP contribution in [0, 0.1) is 0 Å². The van der Waals surface area contributed by atoms with Gasteiger partial charge in [-0.25, -0.2) is 4.98 Å². The molecular formula is C29H30ClF3N4O4. The minimum atomic E-state index is -5.28. The summed E-state index contributed by atoms with van der Waals surface area (Å²) in [5.41, 5.74) is -3.01. The Morgan fingerprint density at radius 3 is 2.29 bits per heavy atom. The van der Waals surface area contributed by atoms with Crippen LogP contribution in [0.3, 0.4) is 0 Å². The standard InChI is InChI=1S/C29H30ClF3N4O4/c1-36(2)26(38)23-11-12-24(35-25(23)30)37-15-13-19(14-16-37)18-7-9-21(10-8-18)34-27(39)28(40,29(31,32)33)20-5-4-6-22(17-20)41-3/h4-12,17,19,40H,13-16H2,1-3H3,(H,34,39)/t28-/m1/s1. The van der Waals surface area contributed by atoms with Crippen molar-refractivity contribution < 1.29 is 32.6 Å². The Kier molecular flexibility index (Phi) is 8.79. The molecule has 8 nitrogen and oxygen atoms in total. The maximum atomic E-state index is 14.0. The lowest BCUT2D eigenvalue weighted by molar-refractivity contribution is -0.254. The van der Waals surface area contributed by atoms with Gasteiger partial charge in [0.05, 0.1) is 12.7 Å². The van der Waals surface area contributed by atoms with E-state index in [1.54, 1.807) is 38.4 Å². The Balaban J connectivity index is 1.41. The van der Waals surface area contributed by atoms with Crippen LogP contribution in [0.25, 0.3) is 0 Å². The Hall–Kier alpha value is -3.83. The molecular weight excluding hydrogens is 561 g/mol. The van der Waals surface area contributed by atoms with Gasteiger partial charge in [0.2, 0.25) is 0 Å². The number of hydrogen-bond acceptors (Lipinski definition) is 6. The van der Waals surface area contributed by atoms with Crippen LogP contribution in [0.1, 0.15) is 40.2 Å². The van der Waals surface area contributed by atoms with E-state index in [1.807, 2.05) is 0 Å². The molecule has 2 aromatic carbocycles. The number of aliphatic hydroxyl groups is 1. The number of hydrogen-bond donors (Lipinski definition) is 2. The zero-order valence-electron chi connectivity index (χ0n) is 22.7. The first-order valence-electron chi connectivity index (χ1n) is 12.8. The van der Waals surface area contributed by atoms with Crippen LogP contribution < -0.4 is 15.0 Å². The van der Waals surface area contributed by atoms with Crippen molar-refractivity contribution in [3.63, 3.8) is 0 Å². The quantitative estimate of drug-likeness (QED) is 0.367. The highest BCUT2D eigenvalue weighted by Gasteiger charge is 2.61. The van der Waals surface area contributed by atoms with Crippen molar-refractivity contribution >= 4 is 34.9 Å². The smallest absolute Gasteiger partial charge is 0.430 e. The van der Waals surface area contributed by atoms with Gasteiger partial charge in [-0.05, 0) is 60.7 Å². The summed E-state index contributed by atoms with van der Waals surface area (Å²) in [5.74, 6) is -0.914. The van der Waals surface area contributed by atoms with Gasteiger partial charge in [-0.1, -0.05) is 35.9 Å². The summed E-state index contributed by atoms with van der Waals surface area (Å²) in [6, 6.07) is 14.7. The number of carbonyl (C=O) groups excluding carboxylic acids is 2. The molecule has 41 heavy (non-hydrogen) atoms. The third-order valence-corrected chi connectivity index (χ3v) is 7.44. The number of nitrogens with zero attached hydrogens (tertiary/aromatic N) is 3. The minimum Gasteiger partial charge on any atom is -0.497 e. The van der Waals surface area contributed by atoms with Gasteiger partial charge in [-0.15, -0.1) is 0 Å².